The van der Waals surface area contributed by atoms with Gasteiger partial charge in [-0.15, -0.1) is 0 Å². The number of pyridine rings is 1. The van der Waals surface area contributed by atoms with Crippen molar-refractivity contribution in [3.05, 3.63) is 18.3 Å². The van der Waals surface area contributed by atoms with Crippen molar-refractivity contribution in [1.82, 2.24) is 4.98 Å². The monoisotopic (exact) mass is 220 g/mol. The zero-order valence-electron chi connectivity index (χ0n) is 9.74. The molecule has 0 spiro atoms. The molecule has 1 heterocycles. The molecule has 0 amide bonds. The number of nitrogens with zero attached hydrogens (tertiary/aromatic N) is 1. The second-order valence-electron chi connectivity index (χ2n) is 4.55. The van der Waals surface area contributed by atoms with E-state index in [0.29, 0.717) is 11.9 Å². The van der Waals surface area contributed by atoms with E-state index in [9.17, 15) is 0 Å². The van der Waals surface area contributed by atoms with Gasteiger partial charge in [0.25, 0.3) is 0 Å². The number of rotatable bonds is 4. The summed E-state index contributed by atoms with van der Waals surface area (Å²) in [5.74, 6) is 6.84. The highest BCUT2D eigenvalue weighted by Crippen LogP contribution is 2.29. The average Bonchev–Trinajstić information content (AvgIpc) is 2.83. The van der Waals surface area contributed by atoms with Crippen LogP contribution in [-0.4, -0.2) is 11.0 Å². The van der Waals surface area contributed by atoms with Gasteiger partial charge in [0.05, 0.1) is 0 Å². The molecule has 4 heteroatoms. The summed E-state index contributed by atoms with van der Waals surface area (Å²) in [5, 5.41) is 3.52. The third-order valence-electron chi connectivity index (χ3n) is 3.41. The van der Waals surface area contributed by atoms with Gasteiger partial charge in [-0.2, -0.15) is 0 Å². The molecule has 4 N–H and O–H groups in total. The maximum atomic E-state index is 5.33. The number of hydrogen-bond acceptors (Lipinski definition) is 4. The standard InChI is InChI=1S/C12H20N4/c1-9(10-4-2-3-5-10)15-11-6-7-14-12(8-11)16-13/h6-10H,2-5,13H2,1H3,(H2,14,15,16). The fourth-order valence-electron chi connectivity index (χ4n) is 2.44. The maximum Gasteiger partial charge on any atom is 0.141 e. The van der Waals surface area contributed by atoms with E-state index in [0.717, 1.165) is 11.6 Å². The summed E-state index contributed by atoms with van der Waals surface area (Å²) in [6, 6.07) is 4.44. The summed E-state index contributed by atoms with van der Waals surface area (Å²) in [5.41, 5.74) is 3.64. The second-order valence-corrected chi connectivity index (χ2v) is 4.55. The molecule has 1 aromatic rings. The predicted molar refractivity (Wildman–Crippen MR) is 67.1 cm³/mol. The highest BCUT2D eigenvalue weighted by Gasteiger charge is 2.21. The van der Waals surface area contributed by atoms with E-state index in [4.69, 9.17) is 5.84 Å². The van der Waals surface area contributed by atoms with Crippen molar-refractivity contribution < 1.29 is 0 Å². The van der Waals surface area contributed by atoms with Gasteiger partial charge in [0, 0.05) is 24.0 Å². The van der Waals surface area contributed by atoms with Gasteiger partial charge in [-0.05, 0) is 31.7 Å². The fourth-order valence-corrected chi connectivity index (χ4v) is 2.44. The Morgan fingerprint density at radius 1 is 1.44 bits per heavy atom. The predicted octanol–water partition coefficient (Wildman–Crippen LogP) is 2.36. The molecule has 2 rings (SSSR count). The van der Waals surface area contributed by atoms with Crippen LogP contribution in [0.1, 0.15) is 32.6 Å². The van der Waals surface area contributed by atoms with Crippen LogP contribution in [0.25, 0.3) is 0 Å². The summed E-state index contributed by atoms with van der Waals surface area (Å²) >= 11 is 0. The number of nitrogen functional groups attached to an aromatic ring is 1. The smallest absolute Gasteiger partial charge is 0.141 e. The number of nitrogens with two attached hydrogens (primary N) is 1. The van der Waals surface area contributed by atoms with E-state index in [2.05, 4.69) is 22.7 Å². The minimum Gasteiger partial charge on any atom is -0.382 e. The molecule has 88 valence electrons. The Labute approximate surface area is 96.6 Å². The first-order valence-electron chi connectivity index (χ1n) is 5.99. The first-order valence-corrected chi connectivity index (χ1v) is 5.99. The Morgan fingerprint density at radius 2 is 2.19 bits per heavy atom. The average molecular weight is 220 g/mol. The van der Waals surface area contributed by atoms with Crippen LogP contribution in [0.4, 0.5) is 11.5 Å². The number of hydrazine groups is 1. The number of aromatic nitrogens is 1. The van der Waals surface area contributed by atoms with E-state index in [-0.39, 0.29) is 0 Å². The molecule has 1 unspecified atom stereocenters. The lowest BCUT2D eigenvalue weighted by Crippen LogP contribution is -2.23. The Bertz CT molecular complexity index is 334. The molecule has 0 saturated heterocycles. The molecule has 1 aliphatic carbocycles. The van der Waals surface area contributed by atoms with Crippen molar-refractivity contribution in [1.29, 1.82) is 0 Å². The van der Waals surface area contributed by atoms with E-state index in [1.165, 1.54) is 25.7 Å². The molecule has 1 saturated carbocycles. The van der Waals surface area contributed by atoms with E-state index >= 15 is 0 Å². The zero-order valence-corrected chi connectivity index (χ0v) is 9.74. The number of anilines is 2. The quantitative estimate of drug-likeness (QED) is 0.538. The summed E-state index contributed by atoms with van der Waals surface area (Å²) in [6.07, 6.45) is 7.21. The molecule has 0 radical (unpaired) electrons. The third-order valence-corrected chi connectivity index (χ3v) is 3.41. The third kappa shape index (κ3) is 2.64. The lowest BCUT2D eigenvalue weighted by Gasteiger charge is -2.21. The first kappa shape index (κ1) is 11.2. The van der Waals surface area contributed by atoms with Crippen molar-refractivity contribution in [2.75, 3.05) is 10.7 Å². The SMILES string of the molecule is CC(Nc1ccnc(NN)c1)C1CCCC1. The number of nitrogens with one attached hydrogen (secondary N) is 2. The summed E-state index contributed by atoms with van der Waals surface area (Å²) < 4.78 is 0. The molecular formula is C12H20N4. The minimum absolute atomic E-state index is 0.524. The van der Waals surface area contributed by atoms with Crippen molar-refractivity contribution in [3.63, 3.8) is 0 Å². The van der Waals surface area contributed by atoms with Crippen LogP contribution in [0.2, 0.25) is 0 Å². The maximum absolute atomic E-state index is 5.33. The molecule has 1 aliphatic rings. The fraction of sp³-hybridized carbons (Fsp3) is 0.583. The molecule has 4 nitrogen and oxygen atoms in total. The highest BCUT2D eigenvalue weighted by atomic mass is 15.2. The Balaban J connectivity index is 1.96. The number of hydrogen-bond donors (Lipinski definition) is 3. The molecule has 0 bridgehead atoms. The van der Waals surface area contributed by atoms with Crippen LogP contribution >= 0.6 is 0 Å². The van der Waals surface area contributed by atoms with Crippen molar-refractivity contribution in [2.45, 2.75) is 38.6 Å². The van der Waals surface area contributed by atoms with Crippen LogP contribution in [0.3, 0.4) is 0 Å². The van der Waals surface area contributed by atoms with E-state index in [1.54, 1.807) is 6.20 Å². The van der Waals surface area contributed by atoms with Crippen LogP contribution in [0.5, 0.6) is 0 Å². The van der Waals surface area contributed by atoms with Crippen molar-refractivity contribution in [3.8, 4) is 0 Å². The van der Waals surface area contributed by atoms with Gasteiger partial charge in [-0.25, -0.2) is 10.8 Å². The molecule has 1 atom stereocenters. The zero-order chi connectivity index (χ0) is 11.4. The molecule has 16 heavy (non-hydrogen) atoms. The first-order chi connectivity index (χ1) is 7.79. The highest BCUT2D eigenvalue weighted by molar-refractivity contribution is 5.51. The van der Waals surface area contributed by atoms with Crippen molar-refractivity contribution in [2.24, 2.45) is 11.8 Å². The van der Waals surface area contributed by atoms with Crippen LogP contribution in [0.15, 0.2) is 18.3 Å². The Kier molecular flexibility index (Phi) is 3.62. The van der Waals surface area contributed by atoms with Gasteiger partial charge < -0.3 is 10.7 Å². The summed E-state index contributed by atoms with van der Waals surface area (Å²) in [4.78, 5) is 4.09. The van der Waals surface area contributed by atoms with Gasteiger partial charge in [0.2, 0.25) is 0 Å². The lowest BCUT2D eigenvalue weighted by molar-refractivity contribution is 0.482. The summed E-state index contributed by atoms with van der Waals surface area (Å²) in [7, 11) is 0. The minimum atomic E-state index is 0.524. The van der Waals surface area contributed by atoms with E-state index in [1.807, 2.05) is 12.1 Å². The Morgan fingerprint density at radius 3 is 2.88 bits per heavy atom. The van der Waals surface area contributed by atoms with Gasteiger partial charge in [-0.1, -0.05) is 12.8 Å². The second kappa shape index (κ2) is 5.16. The van der Waals surface area contributed by atoms with Crippen molar-refractivity contribution >= 4 is 11.5 Å². The lowest BCUT2D eigenvalue weighted by atomic mass is 10.00. The largest absolute Gasteiger partial charge is 0.382 e. The Hall–Kier alpha value is -1.29. The molecular weight excluding hydrogens is 200 g/mol. The van der Waals surface area contributed by atoms with Crippen LogP contribution in [0, 0.1) is 5.92 Å². The van der Waals surface area contributed by atoms with Gasteiger partial charge in [0.15, 0.2) is 0 Å². The van der Waals surface area contributed by atoms with Crippen LogP contribution < -0.4 is 16.6 Å². The molecule has 0 aromatic carbocycles. The topological polar surface area (TPSA) is 63.0 Å². The van der Waals surface area contributed by atoms with E-state index < -0.39 is 0 Å². The van der Waals surface area contributed by atoms with Gasteiger partial charge >= 0.3 is 0 Å². The van der Waals surface area contributed by atoms with Crippen LogP contribution in [-0.2, 0) is 0 Å². The van der Waals surface area contributed by atoms with Gasteiger partial charge in [-0.3, -0.25) is 0 Å². The van der Waals surface area contributed by atoms with Gasteiger partial charge in [0.1, 0.15) is 5.82 Å². The molecule has 0 aliphatic heterocycles. The molecule has 1 aromatic heterocycles. The molecule has 1 fully saturated rings. The summed E-state index contributed by atoms with van der Waals surface area (Å²) in [6.45, 7) is 2.26. The normalized spacial score (nSPS) is 18.4.